The summed E-state index contributed by atoms with van der Waals surface area (Å²) in [7, 11) is 0. The van der Waals surface area contributed by atoms with Crippen LogP contribution in [-0.4, -0.2) is 40.2 Å². The number of nitrogens with zero attached hydrogens (tertiary/aromatic N) is 1. The Bertz CT molecular complexity index is 539. The third-order valence-corrected chi connectivity index (χ3v) is 4.17. The van der Waals surface area contributed by atoms with E-state index in [1.807, 2.05) is 0 Å². The quantitative estimate of drug-likeness (QED) is 0.868. The highest BCUT2D eigenvalue weighted by atomic mass is 32.2. The van der Waals surface area contributed by atoms with Crippen LogP contribution in [0.15, 0.2) is 29.2 Å². The van der Waals surface area contributed by atoms with Gasteiger partial charge in [-0.1, -0.05) is 23.9 Å². The van der Waals surface area contributed by atoms with Crippen molar-refractivity contribution in [1.82, 2.24) is 4.90 Å². The Kier molecular flexibility index (Phi) is 5.17. The number of rotatable bonds is 4. The second-order valence-electron chi connectivity index (χ2n) is 4.72. The Morgan fingerprint density at radius 1 is 1.29 bits per heavy atom. The minimum absolute atomic E-state index is 0.135. The first kappa shape index (κ1) is 15.8. The summed E-state index contributed by atoms with van der Waals surface area (Å²) in [5, 5.41) is 9.20. The summed E-state index contributed by atoms with van der Waals surface area (Å²) < 4.78 is 25.1. The molecular formula is C14H15F2NO3S. The number of alkyl halides is 2. The molecule has 1 aromatic carbocycles. The largest absolute Gasteiger partial charge is 0.480 e. The number of benzene rings is 1. The fraction of sp³-hybridized carbons (Fsp3) is 0.429. The van der Waals surface area contributed by atoms with E-state index in [1.54, 1.807) is 12.1 Å². The molecule has 1 fully saturated rings. The van der Waals surface area contributed by atoms with E-state index in [0.29, 0.717) is 24.7 Å². The maximum absolute atomic E-state index is 12.6. The smallest absolute Gasteiger partial charge is 0.326 e. The first-order chi connectivity index (χ1) is 10.0. The summed E-state index contributed by atoms with van der Waals surface area (Å²) in [5.41, 5.74) is 0.135. The molecule has 1 saturated heterocycles. The summed E-state index contributed by atoms with van der Waals surface area (Å²) in [6, 6.07) is 5.19. The molecule has 0 aromatic heterocycles. The molecule has 0 aliphatic carbocycles. The minimum Gasteiger partial charge on any atom is -0.480 e. The number of likely N-dealkylation sites (tertiary alicyclic amines) is 1. The van der Waals surface area contributed by atoms with Gasteiger partial charge in [-0.15, -0.1) is 0 Å². The summed E-state index contributed by atoms with van der Waals surface area (Å²) in [6.07, 6.45) is 1.86. The lowest BCUT2D eigenvalue weighted by atomic mass is 10.0. The van der Waals surface area contributed by atoms with Crippen molar-refractivity contribution >= 4 is 23.6 Å². The van der Waals surface area contributed by atoms with Gasteiger partial charge in [-0.2, -0.15) is 8.78 Å². The molecule has 2 rings (SSSR count). The lowest BCUT2D eigenvalue weighted by molar-refractivity contribution is -0.143. The molecule has 114 valence electrons. The molecule has 1 aliphatic heterocycles. The van der Waals surface area contributed by atoms with Crippen molar-refractivity contribution in [3.05, 3.63) is 29.8 Å². The highest BCUT2D eigenvalue weighted by Gasteiger charge is 2.33. The predicted octanol–water partition coefficient (Wildman–Crippen LogP) is 3.08. The Labute approximate surface area is 125 Å². The van der Waals surface area contributed by atoms with Gasteiger partial charge in [0.1, 0.15) is 6.04 Å². The zero-order valence-corrected chi connectivity index (χ0v) is 12.0. The lowest BCUT2D eigenvalue weighted by Gasteiger charge is -2.33. The molecule has 1 heterocycles. The van der Waals surface area contributed by atoms with Crippen molar-refractivity contribution in [2.24, 2.45) is 0 Å². The number of hydrogen-bond donors (Lipinski definition) is 1. The Hall–Kier alpha value is -1.63. The molecule has 4 nitrogen and oxygen atoms in total. The average molecular weight is 315 g/mol. The van der Waals surface area contributed by atoms with Gasteiger partial charge in [0, 0.05) is 11.4 Å². The van der Waals surface area contributed by atoms with Crippen molar-refractivity contribution in [3.63, 3.8) is 0 Å². The molecular weight excluding hydrogens is 300 g/mol. The van der Waals surface area contributed by atoms with Crippen LogP contribution in [-0.2, 0) is 4.79 Å². The highest BCUT2D eigenvalue weighted by molar-refractivity contribution is 7.99. The summed E-state index contributed by atoms with van der Waals surface area (Å²) in [5.74, 6) is -4.18. The van der Waals surface area contributed by atoms with E-state index >= 15 is 0 Å². The third kappa shape index (κ3) is 3.72. The Balaban J connectivity index is 2.28. The molecule has 21 heavy (non-hydrogen) atoms. The fourth-order valence-corrected chi connectivity index (χ4v) is 3.06. The van der Waals surface area contributed by atoms with E-state index in [2.05, 4.69) is 0 Å². The van der Waals surface area contributed by atoms with Gasteiger partial charge in [-0.25, -0.2) is 4.79 Å². The second kappa shape index (κ2) is 6.89. The van der Waals surface area contributed by atoms with Gasteiger partial charge in [-0.3, -0.25) is 4.79 Å². The first-order valence-electron chi connectivity index (χ1n) is 6.58. The molecule has 1 aromatic rings. The zero-order valence-electron chi connectivity index (χ0n) is 11.2. The molecule has 1 N–H and O–H groups in total. The highest BCUT2D eigenvalue weighted by Crippen LogP contribution is 2.30. The van der Waals surface area contributed by atoms with E-state index in [9.17, 15) is 23.5 Å². The van der Waals surface area contributed by atoms with Crippen LogP contribution in [0.25, 0.3) is 0 Å². The van der Waals surface area contributed by atoms with Gasteiger partial charge in [0.25, 0.3) is 11.7 Å². The number of thioether (sulfide) groups is 1. The molecule has 7 heteroatoms. The number of carboxylic acid groups (broad SMARTS) is 1. The second-order valence-corrected chi connectivity index (χ2v) is 5.75. The Morgan fingerprint density at radius 2 is 2.00 bits per heavy atom. The van der Waals surface area contributed by atoms with Gasteiger partial charge < -0.3 is 10.0 Å². The van der Waals surface area contributed by atoms with Gasteiger partial charge in [0.2, 0.25) is 0 Å². The van der Waals surface area contributed by atoms with Crippen molar-refractivity contribution < 1.29 is 23.5 Å². The fourth-order valence-electron chi connectivity index (χ4n) is 2.43. The number of carbonyl (C=O) groups is 2. The average Bonchev–Trinajstić information content (AvgIpc) is 2.46. The maximum atomic E-state index is 12.6. The summed E-state index contributed by atoms with van der Waals surface area (Å²) in [6.45, 7) is 0.337. The maximum Gasteiger partial charge on any atom is 0.326 e. The minimum atomic E-state index is -2.63. The molecule has 0 radical (unpaired) electrons. The molecule has 0 spiro atoms. The van der Waals surface area contributed by atoms with Crippen LogP contribution in [0.1, 0.15) is 29.6 Å². The molecule has 1 amide bonds. The van der Waals surface area contributed by atoms with Gasteiger partial charge >= 0.3 is 5.97 Å². The topological polar surface area (TPSA) is 57.6 Å². The normalized spacial score (nSPS) is 18.8. The van der Waals surface area contributed by atoms with Crippen LogP contribution in [0, 0.1) is 0 Å². The van der Waals surface area contributed by atoms with E-state index in [1.165, 1.54) is 17.0 Å². The van der Waals surface area contributed by atoms with Gasteiger partial charge in [0.05, 0.1) is 5.56 Å². The number of hydrogen-bond acceptors (Lipinski definition) is 3. The van der Waals surface area contributed by atoms with Crippen LogP contribution >= 0.6 is 11.8 Å². The van der Waals surface area contributed by atoms with Gasteiger partial charge in [0.15, 0.2) is 0 Å². The summed E-state index contributed by atoms with van der Waals surface area (Å²) >= 11 is 0.299. The number of aliphatic carboxylic acids is 1. The Morgan fingerprint density at radius 3 is 2.67 bits per heavy atom. The van der Waals surface area contributed by atoms with Crippen molar-refractivity contribution in [2.45, 2.75) is 36.0 Å². The van der Waals surface area contributed by atoms with E-state index in [0.717, 1.165) is 12.8 Å². The SMILES string of the molecule is O=C(O)[C@H]1CCCCN1C(=O)c1ccccc1SC(F)F. The lowest BCUT2D eigenvalue weighted by Crippen LogP contribution is -2.48. The van der Waals surface area contributed by atoms with Gasteiger partial charge in [-0.05, 0) is 31.4 Å². The number of carboxylic acids is 1. The van der Waals surface area contributed by atoms with E-state index in [-0.39, 0.29) is 10.5 Å². The zero-order chi connectivity index (χ0) is 15.4. The molecule has 1 aliphatic rings. The number of piperidine rings is 1. The predicted molar refractivity (Wildman–Crippen MR) is 74.6 cm³/mol. The number of carbonyl (C=O) groups excluding carboxylic acids is 1. The molecule has 0 saturated carbocycles. The molecule has 0 bridgehead atoms. The number of halogens is 2. The van der Waals surface area contributed by atoms with E-state index in [4.69, 9.17) is 0 Å². The van der Waals surface area contributed by atoms with Crippen LogP contribution in [0.2, 0.25) is 0 Å². The van der Waals surface area contributed by atoms with E-state index < -0.39 is 23.7 Å². The summed E-state index contributed by atoms with van der Waals surface area (Å²) in [4.78, 5) is 25.2. The van der Waals surface area contributed by atoms with Crippen molar-refractivity contribution in [3.8, 4) is 0 Å². The van der Waals surface area contributed by atoms with Crippen molar-refractivity contribution in [1.29, 1.82) is 0 Å². The van der Waals surface area contributed by atoms with Crippen LogP contribution in [0.3, 0.4) is 0 Å². The first-order valence-corrected chi connectivity index (χ1v) is 7.46. The monoisotopic (exact) mass is 315 g/mol. The third-order valence-electron chi connectivity index (χ3n) is 3.38. The molecule has 0 unspecified atom stereocenters. The number of amides is 1. The van der Waals surface area contributed by atoms with Crippen LogP contribution in [0.4, 0.5) is 8.78 Å². The standard InChI is InChI=1S/C14H15F2NO3S/c15-14(16)21-11-7-2-1-5-9(11)12(18)17-8-4-3-6-10(17)13(19)20/h1-2,5,7,10,14H,3-4,6,8H2,(H,19,20)/t10-/m1/s1. The van der Waals surface area contributed by atoms with Crippen molar-refractivity contribution in [2.75, 3.05) is 6.54 Å². The molecule has 1 atom stereocenters. The van der Waals surface area contributed by atoms with Crippen LogP contribution < -0.4 is 0 Å². The van der Waals surface area contributed by atoms with Crippen LogP contribution in [0.5, 0.6) is 0 Å².